The molecule has 0 saturated heterocycles. The Kier molecular flexibility index (Phi) is 5.94. The molecule has 1 aliphatic rings. The lowest BCUT2D eigenvalue weighted by molar-refractivity contribution is -0.119. The number of benzene rings is 2. The van der Waals surface area contributed by atoms with E-state index in [9.17, 15) is 9.18 Å². The number of nitrogens with zero attached hydrogens (tertiary/aromatic N) is 2. The molecule has 0 saturated carbocycles. The third-order valence-electron chi connectivity index (χ3n) is 5.09. The number of aromatic nitrogens is 2. The summed E-state index contributed by atoms with van der Waals surface area (Å²) in [6.07, 6.45) is 4.74. The molecule has 1 heterocycles. The monoisotopic (exact) mass is 411 g/mol. The highest BCUT2D eigenvalue weighted by atomic mass is 32.2. The standard InChI is InChI=1S/C22H22FN3O2S/c1-14(16-11-10-15-6-2-3-7-17(15)12-16)24-20(27)13-29-22-26-25-21(28-22)18-8-4-5-9-19(18)23/h4-5,8-12,14H,2-3,6-7,13H2,1H3,(H,24,27)/t14-/m0/s1. The Balaban J connectivity index is 1.33. The van der Waals surface area contributed by atoms with Crippen LogP contribution in [0.4, 0.5) is 4.39 Å². The molecule has 0 fully saturated rings. The van der Waals surface area contributed by atoms with Crippen molar-refractivity contribution in [3.8, 4) is 11.5 Å². The predicted octanol–water partition coefficient (Wildman–Crippen LogP) is 4.72. The van der Waals surface area contributed by atoms with Crippen LogP contribution in [-0.4, -0.2) is 21.9 Å². The van der Waals surface area contributed by atoms with Gasteiger partial charge in [0.1, 0.15) is 5.82 Å². The molecule has 4 rings (SSSR count). The lowest BCUT2D eigenvalue weighted by Gasteiger charge is -2.20. The lowest BCUT2D eigenvalue weighted by atomic mass is 9.89. The first-order chi connectivity index (χ1) is 14.1. The average molecular weight is 412 g/mol. The zero-order valence-electron chi connectivity index (χ0n) is 16.2. The Bertz CT molecular complexity index is 1020. The fraction of sp³-hybridized carbons (Fsp3) is 0.318. The van der Waals surface area contributed by atoms with E-state index in [2.05, 4.69) is 33.7 Å². The molecule has 1 amide bonds. The Hall–Kier alpha value is -2.67. The third-order valence-corrected chi connectivity index (χ3v) is 5.91. The van der Waals surface area contributed by atoms with Crippen LogP contribution in [0.5, 0.6) is 0 Å². The number of halogens is 1. The Morgan fingerprint density at radius 3 is 2.79 bits per heavy atom. The molecule has 1 aromatic heterocycles. The highest BCUT2D eigenvalue weighted by Crippen LogP contribution is 2.26. The second-order valence-electron chi connectivity index (χ2n) is 7.17. The van der Waals surface area contributed by atoms with Crippen LogP contribution in [0.25, 0.3) is 11.5 Å². The summed E-state index contributed by atoms with van der Waals surface area (Å²) in [7, 11) is 0. The van der Waals surface area contributed by atoms with E-state index in [0.717, 1.165) is 30.2 Å². The molecular weight excluding hydrogens is 389 g/mol. The molecule has 1 aliphatic carbocycles. The molecule has 150 valence electrons. The fourth-order valence-electron chi connectivity index (χ4n) is 3.53. The Morgan fingerprint density at radius 1 is 1.17 bits per heavy atom. The maximum Gasteiger partial charge on any atom is 0.277 e. The Labute approximate surface area is 173 Å². The highest BCUT2D eigenvalue weighted by molar-refractivity contribution is 7.99. The van der Waals surface area contributed by atoms with Gasteiger partial charge < -0.3 is 9.73 Å². The first-order valence-corrected chi connectivity index (χ1v) is 10.7. The summed E-state index contributed by atoms with van der Waals surface area (Å²) in [5.41, 5.74) is 4.19. The van der Waals surface area contributed by atoms with Crippen LogP contribution in [0.2, 0.25) is 0 Å². The van der Waals surface area contributed by atoms with E-state index in [4.69, 9.17) is 4.42 Å². The summed E-state index contributed by atoms with van der Waals surface area (Å²) in [6.45, 7) is 1.98. The van der Waals surface area contributed by atoms with Crippen molar-refractivity contribution in [1.29, 1.82) is 0 Å². The third kappa shape index (κ3) is 4.67. The molecule has 0 unspecified atom stereocenters. The van der Waals surface area contributed by atoms with Gasteiger partial charge in [0.2, 0.25) is 5.91 Å². The number of aryl methyl sites for hydroxylation is 2. The van der Waals surface area contributed by atoms with Gasteiger partial charge in [-0.1, -0.05) is 42.1 Å². The second kappa shape index (κ2) is 8.78. The number of fused-ring (bicyclic) bond motifs is 1. The number of carbonyl (C=O) groups excluding carboxylic acids is 1. The van der Waals surface area contributed by atoms with E-state index in [0.29, 0.717) is 0 Å². The summed E-state index contributed by atoms with van der Waals surface area (Å²) in [4.78, 5) is 12.3. The van der Waals surface area contributed by atoms with Crippen LogP contribution in [-0.2, 0) is 17.6 Å². The SMILES string of the molecule is C[C@H](NC(=O)CSc1nnc(-c2ccccc2F)o1)c1ccc2c(c1)CCCC2. The second-order valence-corrected chi connectivity index (χ2v) is 8.09. The molecule has 29 heavy (non-hydrogen) atoms. The van der Waals surface area contributed by atoms with Crippen LogP contribution >= 0.6 is 11.8 Å². The van der Waals surface area contributed by atoms with Gasteiger partial charge in [-0.15, -0.1) is 10.2 Å². The van der Waals surface area contributed by atoms with Crippen molar-refractivity contribution < 1.29 is 13.6 Å². The minimum absolute atomic E-state index is 0.0769. The lowest BCUT2D eigenvalue weighted by Crippen LogP contribution is -2.28. The zero-order chi connectivity index (χ0) is 20.2. The molecule has 0 radical (unpaired) electrons. The molecule has 2 aromatic carbocycles. The van der Waals surface area contributed by atoms with Gasteiger partial charge in [-0.2, -0.15) is 0 Å². The highest BCUT2D eigenvalue weighted by Gasteiger charge is 2.16. The Morgan fingerprint density at radius 2 is 1.97 bits per heavy atom. The van der Waals surface area contributed by atoms with Gasteiger partial charge in [-0.25, -0.2) is 4.39 Å². The predicted molar refractivity (Wildman–Crippen MR) is 110 cm³/mol. The number of carbonyl (C=O) groups is 1. The minimum atomic E-state index is -0.427. The first kappa shape index (κ1) is 19.6. The summed E-state index contributed by atoms with van der Waals surface area (Å²) in [6, 6.07) is 12.6. The van der Waals surface area contributed by atoms with Crippen molar-refractivity contribution in [2.24, 2.45) is 0 Å². The zero-order valence-corrected chi connectivity index (χ0v) is 17.0. The molecule has 1 atom stereocenters. The van der Waals surface area contributed by atoms with Gasteiger partial charge in [0.15, 0.2) is 0 Å². The molecule has 0 spiro atoms. The van der Waals surface area contributed by atoms with Crippen LogP contribution < -0.4 is 5.32 Å². The normalized spacial score (nSPS) is 14.3. The van der Waals surface area contributed by atoms with E-state index < -0.39 is 5.82 Å². The van der Waals surface area contributed by atoms with Gasteiger partial charge in [0.25, 0.3) is 11.1 Å². The fourth-order valence-corrected chi connectivity index (χ4v) is 4.10. The molecule has 0 bridgehead atoms. The number of nitrogens with one attached hydrogen (secondary N) is 1. The maximum atomic E-state index is 13.8. The van der Waals surface area contributed by atoms with Gasteiger partial charge >= 0.3 is 0 Å². The summed E-state index contributed by atoms with van der Waals surface area (Å²) < 4.78 is 19.3. The summed E-state index contributed by atoms with van der Waals surface area (Å²) in [5, 5.41) is 11.0. The van der Waals surface area contributed by atoms with E-state index in [1.807, 2.05) is 6.92 Å². The molecule has 1 N–H and O–H groups in total. The molecule has 5 nitrogen and oxygen atoms in total. The van der Waals surface area contributed by atoms with E-state index >= 15 is 0 Å². The van der Waals surface area contributed by atoms with Crippen LogP contribution in [0.1, 0.15) is 42.5 Å². The minimum Gasteiger partial charge on any atom is -0.411 e. The molecule has 7 heteroatoms. The van der Waals surface area contributed by atoms with E-state index in [-0.39, 0.29) is 34.4 Å². The van der Waals surface area contributed by atoms with E-state index in [1.165, 1.54) is 30.0 Å². The smallest absolute Gasteiger partial charge is 0.277 e. The summed E-state index contributed by atoms with van der Waals surface area (Å²) in [5.74, 6) is -0.294. The number of hydrogen-bond acceptors (Lipinski definition) is 5. The molecular formula is C22H22FN3O2S. The van der Waals surface area contributed by atoms with Crippen molar-refractivity contribution in [2.45, 2.75) is 43.9 Å². The van der Waals surface area contributed by atoms with E-state index in [1.54, 1.807) is 18.2 Å². The topological polar surface area (TPSA) is 68.0 Å². The molecule has 0 aliphatic heterocycles. The van der Waals surface area contributed by atoms with Crippen molar-refractivity contribution >= 4 is 17.7 Å². The first-order valence-electron chi connectivity index (χ1n) is 9.72. The van der Waals surface area contributed by atoms with Gasteiger partial charge in [-0.3, -0.25) is 4.79 Å². The van der Waals surface area contributed by atoms with Crippen LogP contribution in [0, 0.1) is 5.82 Å². The van der Waals surface area contributed by atoms with Crippen LogP contribution in [0.15, 0.2) is 52.1 Å². The van der Waals surface area contributed by atoms with Gasteiger partial charge in [0.05, 0.1) is 17.4 Å². The number of hydrogen-bond donors (Lipinski definition) is 1. The van der Waals surface area contributed by atoms with Gasteiger partial charge in [0, 0.05) is 0 Å². The number of amides is 1. The van der Waals surface area contributed by atoms with Gasteiger partial charge in [-0.05, 0) is 61.4 Å². The molecule has 3 aromatic rings. The van der Waals surface area contributed by atoms with Crippen molar-refractivity contribution in [1.82, 2.24) is 15.5 Å². The quantitative estimate of drug-likeness (QED) is 0.594. The van der Waals surface area contributed by atoms with Crippen molar-refractivity contribution in [3.63, 3.8) is 0 Å². The van der Waals surface area contributed by atoms with Crippen molar-refractivity contribution in [3.05, 3.63) is 65.0 Å². The van der Waals surface area contributed by atoms with Crippen LogP contribution in [0.3, 0.4) is 0 Å². The van der Waals surface area contributed by atoms with Crippen molar-refractivity contribution in [2.75, 3.05) is 5.75 Å². The number of rotatable bonds is 6. The maximum absolute atomic E-state index is 13.8. The largest absolute Gasteiger partial charge is 0.411 e. The average Bonchev–Trinajstić information content (AvgIpc) is 3.21. The number of thioether (sulfide) groups is 1. The summed E-state index contributed by atoms with van der Waals surface area (Å²) >= 11 is 1.14.